The van der Waals surface area contributed by atoms with Crippen LogP contribution in [-0.4, -0.2) is 31.1 Å². The average molecular weight is 259 g/mol. The Hall–Kier alpha value is -0.640. The Labute approximate surface area is 109 Å². The summed E-state index contributed by atoms with van der Waals surface area (Å²) in [6, 6.07) is 7.46. The standard InChI is InChI=1S/C13H19FN2.ClH/c1-16(13-6-8-15-9-7-13)10-11-2-4-12(14)5-3-11;/h2-5,13,15H,6-10H2,1H3;1H. The van der Waals surface area contributed by atoms with Crippen LogP contribution in [0.2, 0.25) is 0 Å². The summed E-state index contributed by atoms with van der Waals surface area (Å²) in [5, 5.41) is 3.36. The molecule has 0 spiro atoms. The number of benzene rings is 1. The number of nitrogens with one attached hydrogen (secondary N) is 1. The lowest BCUT2D eigenvalue weighted by atomic mass is 10.0. The second-order valence-corrected chi connectivity index (χ2v) is 4.52. The molecule has 0 radical (unpaired) electrons. The number of hydrogen-bond acceptors (Lipinski definition) is 2. The molecule has 1 aromatic carbocycles. The van der Waals surface area contributed by atoms with Crippen molar-refractivity contribution in [1.82, 2.24) is 10.2 Å². The van der Waals surface area contributed by atoms with Gasteiger partial charge in [0.15, 0.2) is 0 Å². The highest BCUT2D eigenvalue weighted by Gasteiger charge is 2.17. The van der Waals surface area contributed by atoms with E-state index in [-0.39, 0.29) is 18.2 Å². The van der Waals surface area contributed by atoms with Gasteiger partial charge in [-0.05, 0) is 50.7 Å². The van der Waals surface area contributed by atoms with E-state index in [1.165, 1.54) is 30.5 Å². The van der Waals surface area contributed by atoms with Crippen LogP contribution in [0.4, 0.5) is 4.39 Å². The first-order valence-electron chi connectivity index (χ1n) is 5.91. The van der Waals surface area contributed by atoms with E-state index in [0.29, 0.717) is 6.04 Å². The Kier molecular flexibility index (Phi) is 5.89. The third kappa shape index (κ3) is 4.26. The van der Waals surface area contributed by atoms with E-state index in [1.807, 2.05) is 12.1 Å². The highest BCUT2D eigenvalue weighted by molar-refractivity contribution is 5.85. The predicted octanol–water partition coefficient (Wildman–Crippen LogP) is 2.43. The van der Waals surface area contributed by atoms with E-state index in [1.54, 1.807) is 0 Å². The number of piperidine rings is 1. The Bertz CT molecular complexity index is 323. The maximum Gasteiger partial charge on any atom is 0.123 e. The molecular formula is C13H20ClFN2. The minimum Gasteiger partial charge on any atom is -0.317 e. The van der Waals surface area contributed by atoms with Crippen LogP contribution in [0.25, 0.3) is 0 Å². The molecule has 1 saturated heterocycles. The van der Waals surface area contributed by atoms with Gasteiger partial charge in [0.2, 0.25) is 0 Å². The van der Waals surface area contributed by atoms with Crippen LogP contribution in [-0.2, 0) is 6.54 Å². The molecule has 0 bridgehead atoms. The lowest BCUT2D eigenvalue weighted by Gasteiger charge is -2.31. The fraction of sp³-hybridized carbons (Fsp3) is 0.538. The van der Waals surface area contributed by atoms with Crippen molar-refractivity contribution in [2.24, 2.45) is 0 Å². The molecule has 1 fully saturated rings. The second kappa shape index (κ2) is 6.94. The summed E-state index contributed by atoms with van der Waals surface area (Å²) in [6.45, 7) is 3.13. The molecule has 0 atom stereocenters. The van der Waals surface area contributed by atoms with Crippen molar-refractivity contribution in [1.29, 1.82) is 0 Å². The zero-order valence-corrected chi connectivity index (χ0v) is 11.0. The minimum absolute atomic E-state index is 0. The summed E-state index contributed by atoms with van der Waals surface area (Å²) in [4.78, 5) is 2.37. The monoisotopic (exact) mass is 258 g/mol. The number of hydrogen-bond donors (Lipinski definition) is 1. The van der Waals surface area contributed by atoms with Gasteiger partial charge in [-0.15, -0.1) is 12.4 Å². The van der Waals surface area contributed by atoms with Crippen LogP contribution in [0.5, 0.6) is 0 Å². The molecule has 4 heteroatoms. The Balaban J connectivity index is 0.00000144. The fourth-order valence-corrected chi connectivity index (χ4v) is 2.25. The summed E-state index contributed by atoms with van der Waals surface area (Å²) >= 11 is 0. The summed E-state index contributed by atoms with van der Waals surface area (Å²) in [5.74, 6) is -0.159. The van der Waals surface area contributed by atoms with E-state index in [2.05, 4.69) is 17.3 Å². The maximum absolute atomic E-state index is 12.8. The molecule has 1 heterocycles. The smallest absolute Gasteiger partial charge is 0.123 e. The summed E-state index contributed by atoms with van der Waals surface area (Å²) in [5.41, 5.74) is 1.18. The molecule has 0 aromatic heterocycles. The highest BCUT2D eigenvalue weighted by atomic mass is 35.5. The lowest BCUT2D eigenvalue weighted by Crippen LogP contribution is -2.40. The van der Waals surface area contributed by atoms with E-state index in [0.717, 1.165) is 19.6 Å². The van der Waals surface area contributed by atoms with Gasteiger partial charge in [0.05, 0.1) is 0 Å². The lowest BCUT2D eigenvalue weighted by molar-refractivity contribution is 0.192. The van der Waals surface area contributed by atoms with Crippen molar-refractivity contribution in [3.05, 3.63) is 35.6 Å². The molecule has 0 unspecified atom stereocenters. The van der Waals surface area contributed by atoms with Crippen LogP contribution in [0, 0.1) is 5.82 Å². The van der Waals surface area contributed by atoms with E-state index in [9.17, 15) is 4.39 Å². The van der Waals surface area contributed by atoms with Crippen molar-refractivity contribution in [3.63, 3.8) is 0 Å². The van der Waals surface area contributed by atoms with Gasteiger partial charge in [0.25, 0.3) is 0 Å². The van der Waals surface area contributed by atoms with Crippen molar-refractivity contribution < 1.29 is 4.39 Å². The molecule has 2 nitrogen and oxygen atoms in total. The van der Waals surface area contributed by atoms with Gasteiger partial charge in [-0.3, -0.25) is 4.90 Å². The minimum atomic E-state index is -0.159. The van der Waals surface area contributed by atoms with E-state index >= 15 is 0 Å². The highest BCUT2D eigenvalue weighted by Crippen LogP contribution is 2.13. The zero-order valence-electron chi connectivity index (χ0n) is 10.2. The number of rotatable bonds is 3. The molecule has 1 N–H and O–H groups in total. The van der Waals surface area contributed by atoms with Crippen molar-refractivity contribution in [2.45, 2.75) is 25.4 Å². The van der Waals surface area contributed by atoms with Crippen molar-refractivity contribution in [3.8, 4) is 0 Å². The van der Waals surface area contributed by atoms with Gasteiger partial charge in [0, 0.05) is 12.6 Å². The van der Waals surface area contributed by atoms with Crippen molar-refractivity contribution in [2.75, 3.05) is 20.1 Å². The largest absolute Gasteiger partial charge is 0.317 e. The van der Waals surface area contributed by atoms with Gasteiger partial charge in [-0.25, -0.2) is 4.39 Å². The van der Waals surface area contributed by atoms with Gasteiger partial charge in [-0.1, -0.05) is 12.1 Å². The Morgan fingerprint density at radius 3 is 2.41 bits per heavy atom. The topological polar surface area (TPSA) is 15.3 Å². The molecule has 1 aromatic rings. The molecule has 0 aliphatic carbocycles. The van der Waals surface area contributed by atoms with Gasteiger partial charge in [0.1, 0.15) is 5.82 Å². The SMILES string of the molecule is CN(Cc1ccc(F)cc1)C1CCNCC1.Cl. The van der Waals surface area contributed by atoms with Gasteiger partial charge >= 0.3 is 0 Å². The molecule has 0 saturated carbocycles. The molecular weight excluding hydrogens is 239 g/mol. The summed E-state index contributed by atoms with van der Waals surface area (Å²) in [6.07, 6.45) is 2.41. The second-order valence-electron chi connectivity index (χ2n) is 4.52. The molecule has 96 valence electrons. The predicted molar refractivity (Wildman–Crippen MR) is 71.0 cm³/mol. The molecule has 1 aliphatic rings. The van der Waals surface area contributed by atoms with Gasteiger partial charge < -0.3 is 5.32 Å². The first kappa shape index (κ1) is 14.4. The van der Waals surface area contributed by atoms with Gasteiger partial charge in [-0.2, -0.15) is 0 Å². The first-order valence-corrected chi connectivity index (χ1v) is 5.91. The quantitative estimate of drug-likeness (QED) is 0.896. The van der Waals surface area contributed by atoms with Crippen LogP contribution in [0.15, 0.2) is 24.3 Å². The molecule has 2 rings (SSSR count). The fourth-order valence-electron chi connectivity index (χ4n) is 2.25. The Morgan fingerprint density at radius 2 is 1.82 bits per heavy atom. The first-order chi connectivity index (χ1) is 7.75. The van der Waals surface area contributed by atoms with Crippen LogP contribution >= 0.6 is 12.4 Å². The van der Waals surface area contributed by atoms with Crippen molar-refractivity contribution >= 4 is 12.4 Å². The van der Waals surface area contributed by atoms with E-state index < -0.39 is 0 Å². The normalized spacial score (nSPS) is 16.9. The maximum atomic E-state index is 12.8. The third-order valence-electron chi connectivity index (χ3n) is 3.28. The Morgan fingerprint density at radius 1 is 1.24 bits per heavy atom. The van der Waals surface area contributed by atoms with Crippen LogP contribution in [0.1, 0.15) is 18.4 Å². The van der Waals surface area contributed by atoms with Crippen LogP contribution < -0.4 is 5.32 Å². The average Bonchev–Trinajstić information content (AvgIpc) is 2.33. The van der Waals surface area contributed by atoms with E-state index in [4.69, 9.17) is 0 Å². The summed E-state index contributed by atoms with van der Waals surface area (Å²) in [7, 11) is 2.15. The zero-order chi connectivity index (χ0) is 11.4. The molecule has 17 heavy (non-hydrogen) atoms. The molecule has 1 aliphatic heterocycles. The number of nitrogens with zero attached hydrogens (tertiary/aromatic N) is 1. The van der Waals surface area contributed by atoms with Crippen LogP contribution in [0.3, 0.4) is 0 Å². The molecule has 0 amide bonds. The number of halogens is 2. The summed E-state index contributed by atoms with van der Waals surface area (Å²) < 4.78 is 12.8. The third-order valence-corrected chi connectivity index (χ3v) is 3.28.